The minimum atomic E-state index is -0.547. The van der Waals surface area contributed by atoms with Gasteiger partial charge in [0.2, 0.25) is 11.8 Å². The van der Waals surface area contributed by atoms with Crippen LogP contribution in [0, 0.1) is 0 Å². The number of nitrogens with one attached hydrogen (secondary N) is 2. The van der Waals surface area contributed by atoms with Crippen LogP contribution >= 0.6 is 15.9 Å². The average molecular weight is 328 g/mol. The number of carbonyl (C=O) groups excluding carboxylic acids is 2. The molecule has 1 unspecified atom stereocenters. The fourth-order valence-electron chi connectivity index (χ4n) is 1.59. The van der Waals surface area contributed by atoms with E-state index in [1.54, 1.807) is 18.2 Å². The Labute approximate surface area is 121 Å². The molecule has 0 aliphatic heterocycles. The molecule has 0 saturated carbocycles. The SMILES string of the molecule is CCCC(N)C(=O)Nc1cc(Br)ccc1NC(C)=O. The lowest BCUT2D eigenvalue weighted by Crippen LogP contribution is -2.35. The summed E-state index contributed by atoms with van der Waals surface area (Å²) in [5.41, 5.74) is 6.83. The molecule has 0 saturated heterocycles. The highest BCUT2D eigenvalue weighted by Crippen LogP contribution is 2.26. The molecule has 0 heterocycles. The Hall–Kier alpha value is -1.40. The highest BCUT2D eigenvalue weighted by Gasteiger charge is 2.14. The highest BCUT2D eigenvalue weighted by atomic mass is 79.9. The minimum Gasteiger partial charge on any atom is -0.325 e. The summed E-state index contributed by atoms with van der Waals surface area (Å²) >= 11 is 3.32. The van der Waals surface area contributed by atoms with Gasteiger partial charge in [-0.2, -0.15) is 0 Å². The number of hydrogen-bond acceptors (Lipinski definition) is 3. The van der Waals surface area contributed by atoms with Crippen molar-refractivity contribution >= 4 is 39.1 Å². The van der Waals surface area contributed by atoms with Crippen molar-refractivity contribution in [3.63, 3.8) is 0 Å². The van der Waals surface area contributed by atoms with Gasteiger partial charge < -0.3 is 16.4 Å². The van der Waals surface area contributed by atoms with Crippen LogP contribution in [0.1, 0.15) is 26.7 Å². The van der Waals surface area contributed by atoms with Gasteiger partial charge in [-0.1, -0.05) is 29.3 Å². The third-order valence-corrected chi connectivity index (χ3v) is 2.98. The van der Waals surface area contributed by atoms with Crippen molar-refractivity contribution in [2.75, 3.05) is 10.6 Å². The molecular formula is C13H18BrN3O2. The summed E-state index contributed by atoms with van der Waals surface area (Å²) in [5, 5.41) is 5.39. The van der Waals surface area contributed by atoms with Crippen LogP contribution in [0.3, 0.4) is 0 Å². The van der Waals surface area contributed by atoms with Crippen LogP contribution < -0.4 is 16.4 Å². The van der Waals surface area contributed by atoms with Crippen LogP contribution in [0.2, 0.25) is 0 Å². The fourth-order valence-corrected chi connectivity index (χ4v) is 1.95. The second kappa shape index (κ2) is 7.25. The molecule has 6 heteroatoms. The number of benzene rings is 1. The van der Waals surface area contributed by atoms with Gasteiger partial charge in [0.05, 0.1) is 17.4 Å². The number of anilines is 2. The standard InChI is InChI=1S/C13H18BrN3O2/c1-3-4-10(15)13(19)17-12-7-9(14)5-6-11(12)16-8(2)18/h5-7,10H,3-4,15H2,1-2H3,(H,16,18)(H,17,19). The quantitative estimate of drug-likeness (QED) is 0.776. The lowest BCUT2D eigenvalue weighted by molar-refractivity contribution is -0.117. The van der Waals surface area contributed by atoms with Crippen molar-refractivity contribution in [3.8, 4) is 0 Å². The van der Waals surface area contributed by atoms with Gasteiger partial charge in [0.15, 0.2) is 0 Å². The number of rotatable bonds is 5. The largest absolute Gasteiger partial charge is 0.325 e. The predicted octanol–water partition coefficient (Wildman–Crippen LogP) is 2.47. The van der Waals surface area contributed by atoms with E-state index in [0.717, 1.165) is 10.9 Å². The van der Waals surface area contributed by atoms with Crippen LogP contribution in [0.4, 0.5) is 11.4 Å². The molecule has 5 nitrogen and oxygen atoms in total. The molecule has 0 fully saturated rings. The third kappa shape index (κ3) is 5.00. The lowest BCUT2D eigenvalue weighted by Gasteiger charge is -2.15. The van der Waals surface area contributed by atoms with E-state index in [1.807, 2.05) is 6.92 Å². The molecule has 0 aliphatic carbocycles. The second-order valence-corrected chi connectivity index (χ2v) is 5.17. The van der Waals surface area contributed by atoms with Crippen LogP contribution in [-0.2, 0) is 9.59 Å². The van der Waals surface area contributed by atoms with Crippen molar-refractivity contribution in [2.45, 2.75) is 32.7 Å². The van der Waals surface area contributed by atoms with Crippen molar-refractivity contribution in [2.24, 2.45) is 5.73 Å². The first-order valence-electron chi connectivity index (χ1n) is 6.07. The Bertz CT molecular complexity index is 477. The summed E-state index contributed by atoms with van der Waals surface area (Å²) in [5.74, 6) is -0.456. The molecule has 1 rings (SSSR count). The molecule has 2 amide bonds. The summed E-state index contributed by atoms with van der Waals surface area (Å²) in [6, 6.07) is 4.68. The van der Waals surface area contributed by atoms with E-state index in [2.05, 4.69) is 26.6 Å². The molecule has 0 aliphatic rings. The predicted molar refractivity (Wildman–Crippen MR) is 80.0 cm³/mol. The van der Waals surface area contributed by atoms with Gasteiger partial charge in [0.1, 0.15) is 0 Å². The zero-order valence-corrected chi connectivity index (χ0v) is 12.6. The first-order chi connectivity index (χ1) is 8.93. The summed E-state index contributed by atoms with van der Waals surface area (Å²) in [6.07, 6.45) is 1.46. The van der Waals surface area contributed by atoms with Crippen LogP contribution in [0.15, 0.2) is 22.7 Å². The van der Waals surface area contributed by atoms with Gasteiger partial charge in [0.25, 0.3) is 0 Å². The average Bonchev–Trinajstić information content (AvgIpc) is 2.32. The van der Waals surface area contributed by atoms with E-state index in [9.17, 15) is 9.59 Å². The van der Waals surface area contributed by atoms with Crippen molar-refractivity contribution in [3.05, 3.63) is 22.7 Å². The van der Waals surface area contributed by atoms with E-state index in [-0.39, 0.29) is 11.8 Å². The van der Waals surface area contributed by atoms with Crippen LogP contribution in [0.5, 0.6) is 0 Å². The number of halogens is 1. The number of amides is 2. The first-order valence-corrected chi connectivity index (χ1v) is 6.87. The first kappa shape index (κ1) is 15.7. The van der Waals surface area contributed by atoms with Gasteiger partial charge in [-0.3, -0.25) is 9.59 Å². The number of carbonyl (C=O) groups is 2. The molecule has 19 heavy (non-hydrogen) atoms. The smallest absolute Gasteiger partial charge is 0.241 e. The molecular weight excluding hydrogens is 310 g/mol. The van der Waals surface area contributed by atoms with Gasteiger partial charge in [-0.25, -0.2) is 0 Å². The van der Waals surface area contributed by atoms with Gasteiger partial charge in [-0.15, -0.1) is 0 Å². The Balaban J connectivity index is 2.89. The zero-order valence-electron chi connectivity index (χ0n) is 11.0. The van der Waals surface area contributed by atoms with Crippen molar-refractivity contribution < 1.29 is 9.59 Å². The molecule has 0 spiro atoms. The highest BCUT2D eigenvalue weighted by molar-refractivity contribution is 9.10. The van der Waals surface area contributed by atoms with Gasteiger partial charge in [-0.05, 0) is 24.6 Å². The Morgan fingerprint density at radius 1 is 1.32 bits per heavy atom. The lowest BCUT2D eigenvalue weighted by atomic mass is 10.1. The Morgan fingerprint density at radius 3 is 2.58 bits per heavy atom. The zero-order chi connectivity index (χ0) is 14.4. The molecule has 1 atom stereocenters. The normalized spacial score (nSPS) is 11.8. The molecule has 4 N–H and O–H groups in total. The monoisotopic (exact) mass is 327 g/mol. The fraction of sp³-hybridized carbons (Fsp3) is 0.385. The molecule has 1 aromatic rings. The Kier molecular flexibility index (Phi) is 5.98. The molecule has 1 aromatic carbocycles. The molecule has 0 aromatic heterocycles. The number of nitrogens with two attached hydrogens (primary N) is 1. The molecule has 0 radical (unpaired) electrons. The van der Waals surface area contributed by atoms with E-state index in [4.69, 9.17) is 5.73 Å². The van der Waals surface area contributed by atoms with Crippen LogP contribution in [0.25, 0.3) is 0 Å². The minimum absolute atomic E-state index is 0.198. The Morgan fingerprint density at radius 2 is 2.00 bits per heavy atom. The number of hydrogen-bond donors (Lipinski definition) is 3. The van der Waals surface area contributed by atoms with E-state index < -0.39 is 6.04 Å². The van der Waals surface area contributed by atoms with Crippen molar-refractivity contribution in [1.82, 2.24) is 0 Å². The van der Waals surface area contributed by atoms with Gasteiger partial charge in [0, 0.05) is 11.4 Å². The van der Waals surface area contributed by atoms with Crippen molar-refractivity contribution in [1.29, 1.82) is 0 Å². The summed E-state index contributed by atoms with van der Waals surface area (Å²) in [4.78, 5) is 23.0. The van der Waals surface area contributed by atoms with E-state index in [1.165, 1.54) is 6.92 Å². The topological polar surface area (TPSA) is 84.2 Å². The van der Waals surface area contributed by atoms with Gasteiger partial charge >= 0.3 is 0 Å². The second-order valence-electron chi connectivity index (χ2n) is 4.26. The van der Waals surface area contributed by atoms with E-state index >= 15 is 0 Å². The third-order valence-electron chi connectivity index (χ3n) is 2.49. The maximum absolute atomic E-state index is 11.9. The maximum Gasteiger partial charge on any atom is 0.241 e. The molecule has 104 valence electrons. The van der Waals surface area contributed by atoms with Crippen LogP contribution in [-0.4, -0.2) is 17.9 Å². The molecule has 0 bridgehead atoms. The summed E-state index contributed by atoms with van der Waals surface area (Å²) < 4.78 is 0.806. The summed E-state index contributed by atoms with van der Waals surface area (Å²) in [6.45, 7) is 3.38. The van der Waals surface area contributed by atoms with E-state index in [0.29, 0.717) is 17.8 Å². The maximum atomic E-state index is 11.9. The summed E-state index contributed by atoms with van der Waals surface area (Å²) in [7, 11) is 0.